The maximum atomic E-state index is 13.0. The van der Waals surface area contributed by atoms with Crippen LogP contribution < -0.4 is 5.32 Å². The Hall–Kier alpha value is -3.48. The minimum atomic E-state index is -0.232. The van der Waals surface area contributed by atoms with Crippen LogP contribution in [0.3, 0.4) is 0 Å². The van der Waals surface area contributed by atoms with Gasteiger partial charge in [-0.05, 0) is 68.1 Å². The second-order valence-electron chi connectivity index (χ2n) is 7.86. The van der Waals surface area contributed by atoms with Gasteiger partial charge in [-0.1, -0.05) is 6.07 Å². The van der Waals surface area contributed by atoms with Crippen LogP contribution in [0.25, 0.3) is 11.3 Å². The molecule has 154 valence electrons. The lowest BCUT2D eigenvalue weighted by atomic mass is 9.96. The Labute approximate surface area is 175 Å². The highest BCUT2D eigenvalue weighted by molar-refractivity contribution is 5.96. The molecule has 7 nitrogen and oxygen atoms in total. The van der Waals surface area contributed by atoms with Gasteiger partial charge in [-0.3, -0.25) is 19.7 Å². The van der Waals surface area contributed by atoms with E-state index in [2.05, 4.69) is 26.6 Å². The molecule has 2 aromatic heterocycles. The lowest BCUT2D eigenvalue weighted by Gasteiger charge is -2.31. The summed E-state index contributed by atoms with van der Waals surface area (Å²) in [6.45, 7) is 5.05. The van der Waals surface area contributed by atoms with Gasteiger partial charge in [-0.2, -0.15) is 5.10 Å². The van der Waals surface area contributed by atoms with Gasteiger partial charge in [0.25, 0.3) is 5.91 Å². The Balaban J connectivity index is 1.42. The molecule has 2 N–H and O–H groups in total. The van der Waals surface area contributed by atoms with Crippen LogP contribution in [-0.2, 0) is 4.79 Å². The molecular formula is C23H25N5O2. The number of nitrogens with one attached hydrogen (secondary N) is 2. The van der Waals surface area contributed by atoms with E-state index in [4.69, 9.17) is 0 Å². The molecule has 0 aliphatic carbocycles. The summed E-state index contributed by atoms with van der Waals surface area (Å²) in [5.74, 6) is -0.413. The van der Waals surface area contributed by atoms with Gasteiger partial charge in [0.05, 0.1) is 11.6 Å². The summed E-state index contributed by atoms with van der Waals surface area (Å²) in [4.78, 5) is 31.6. The van der Waals surface area contributed by atoms with Crippen molar-refractivity contribution in [3.8, 4) is 11.3 Å². The number of hydrogen-bond donors (Lipinski definition) is 2. The Kier molecular flexibility index (Phi) is 5.61. The van der Waals surface area contributed by atoms with E-state index in [0.717, 1.165) is 35.2 Å². The number of nitrogens with zero attached hydrogens (tertiary/aromatic N) is 3. The van der Waals surface area contributed by atoms with Crippen LogP contribution in [0.5, 0.6) is 0 Å². The first kappa shape index (κ1) is 19.8. The number of H-pyrrole nitrogens is 1. The van der Waals surface area contributed by atoms with E-state index in [1.165, 1.54) is 0 Å². The number of pyridine rings is 1. The topological polar surface area (TPSA) is 91.0 Å². The monoisotopic (exact) mass is 403 g/mol. The number of piperidine rings is 1. The van der Waals surface area contributed by atoms with Crippen molar-refractivity contribution in [2.75, 3.05) is 18.4 Å². The number of anilines is 1. The van der Waals surface area contributed by atoms with E-state index in [1.807, 2.05) is 38.1 Å². The highest BCUT2D eigenvalue weighted by Gasteiger charge is 2.30. The van der Waals surface area contributed by atoms with Crippen LogP contribution >= 0.6 is 0 Å². The lowest BCUT2D eigenvalue weighted by Crippen LogP contribution is -2.43. The molecule has 1 atom stereocenters. The van der Waals surface area contributed by atoms with Crippen LogP contribution in [0.1, 0.15) is 34.5 Å². The fourth-order valence-corrected chi connectivity index (χ4v) is 3.93. The van der Waals surface area contributed by atoms with E-state index < -0.39 is 0 Å². The van der Waals surface area contributed by atoms with Gasteiger partial charge >= 0.3 is 0 Å². The number of hydrogen-bond acceptors (Lipinski definition) is 4. The number of likely N-dealkylation sites (tertiary alicyclic amines) is 1. The molecule has 30 heavy (non-hydrogen) atoms. The van der Waals surface area contributed by atoms with Crippen LogP contribution in [0.15, 0.2) is 48.8 Å². The van der Waals surface area contributed by atoms with Crippen molar-refractivity contribution < 1.29 is 9.59 Å². The first-order valence-corrected chi connectivity index (χ1v) is 10.1. The Morgan fingerprint density at radius 1 is 1.17 bits per heavy atom. The first-order valence-electron chi connectivity index (χ1n) is 10.1. The Morgan fingerprint density at radius 3 is 2.70 bits per heavy atom. The summed E-state index contributed by atoms with van der Waals surface area (Å²) >= 11 is 0. The zero-order chi connectivity index (χ0) is 21.1. The molecule has 3 heterocycles. The zero-order valence-electron chi connectivity index (χ0n) is 17.2. The number of benzene rings is 1. The molecule has 1 aliphatic rings. The molecule has 3 aromatic rings. The van der Waals surface area contributed by atoms with Crippen molar-refractivity contribution >= 4 is 17.5 Å². The largest absolute Gasteiger partial charge is 0.337 e. The predicted octanol–water partition coefficient (Wildman–Crippen LogP) is 3.58. The molecule has 0 bridgehead atoms. The Morgan fingerprint density at radius 2 is 1.97 bits per heavy atom. The summed E-state index contributed by atoms with van der Waals surface area (Å²) in [5, 5.41) is 10.1. The molecule has 0 spiro atoms. The van der Waals surface area contributed by atoms with E-state index in [0.29, 0.717) is 24.5 Å². The molecule has 1 aliphatic heterocycles. The SMILES string of the molecule is Cc1cc(C)cc(NC(=O)[C@H]2CCCN(C(=O)c3cc(-c4cccnc4)n[nH]3)C2)c1. The summed E-state index contributed by atoms with van der Waals surface area (Å²) in [6.07, 6.45) is 4.96. The highest BCUT2D eigenvalue weighted by atomic mass is 16.2. The maximum absolute atomic E-state index is 13.0. The number of carbonyl (C=O) groups excluding carboxylic acids is 2. The van der Waals surface area contributed by atoms with Crippen molar-refractivity contribution in [3.63, 3.8) is 0 Å². The number of amides is 2. The number of rotatable bonds is 4. The van der Waals surface area contributed by atoms with Crippen molar-refractivity contribution in [2.24, 2.45) is 5.92 Å². The summed E-state index contributed by atoms with van der Waals surface area (Å²) < 4.78 is 0. The number of carbonyl (C=O) groups is 2. The Bertz CT molecular complexity index is 1040. The molecule has 0 unspecified atom stereocenters. The molecule has 4 rings (SSSR count). The molecule has 7 heteroatoms. The van der Waals surface area contributed by atoms with Gasteiger partial charge in [-0.15, -0.1) is 0 Å². The van der Waals surface area contributed by atoms with E-state index in [1.54, 1.807) is 23.4 Å². The smallest absolute Gasteiger partial charge is 0.271 e. The van der Waals surface area contributed by atoms with Crippen LogP contribution in [0, 0.1) is 19.8 Å². The van der Waals surface area contributed by atoms with Crippen LogP contribution in [-0.4, -0.2) is 45.0 Å². The van der Waals surface area contributed by atoms with E-state index in [9.17, 15) is 9.59 Å². The van der Waals surface area contributed by atoms with Crippen molar-refractivity contribution in [2.45, 2.75) is 26.7 Å². The van der Waals surface area contributed by atoms with Gasteiger partial charge < -0.3 is 10.2 Å². The maximum Gasteiger partial charge on any atom is 0.271 e. The number of aromatic nitrogens is 3. The molecule has 1 aromatic carbocycles. The standard InChI is InChI=1S/C23H25N5O2/c1-15-9-16(2)11-19(10-15)25-22(29)18-6-4-8-28(14-18)23(30)21-12-20(26-27-21)17-5-3-7-24-13-17/h3,5,7,9-13,18H,4,6,8,14H2,1-2H3,(H,25,29)(H,26,27)/t18-/m0/s1. The van der Waals surface area contributed by atoms with Crippen molar-refractivity contribution in [1.29, 1.82) is 0 Å². The fourth-order valence-electron chi connectivity index (χ4n) is 3.93. The van der Waals surface area contributed by atoms with Crippen LogP contribution in [0.2, 0.25) is 0 Å². The van der Waals surface area contributed by atoms with Gasteiger partial charge in [0.1, 0.15) is 5.69 Å². The minimum absolute atomic E-state index is 0.0434. The molecule has 1 saturated heterocycles. The quantitative estimate of drug-likeness (QED) is 0.697. The second kappa shape index (κ2) is 8.49. The molecule has 0 saturated carbocycles. The lowest BCUT2D eigenvalue weighted by molar-refractivity contribution is -0.121. The molecule has 0 radical (unpaired) electrons. The normalized spacial score (nSPS) is 16.3. The third kappa shape index (κ3) is 4.40. The van der Waals surface area contributed by atoms with Gasteiger partial charge in [0.15, 0.2) is 0 Å². The van der Waals surface area contributed by atoms with Gasteiger partial charge in [0.2, 0.25) is 5.91 Å². The zero-order valence-corrected chi connectivity index (χ0v) is 17.2. The van der Waals surface area contributed by atoms with Crippen molar-refractivity contribution in [3.05, 3.63) is 65.6 Å². The average molecular weight is 403 g/mol. The van der Waals surface area contributed by atoms with Gasteiger partial charge in [0, 0.05) is 36.7 Å². The van der Waals surface area contributed by atoms with Crippen molar-refractivity contribution in [1.82, 2.24) is 20.1 Å². The van der Waals surface area contributed by atoms with E-state index in [-0.39, 0.29) is 17.7 Å². The minimum Gasteiger partial charge on any atom is -0.337 e. The molecular weight excluding hydrogens is 378 g/mol. The summed E-state index contributed by atoms with van der Waals surface area (Å²) in [5.41, 5.74) is 4.95. The first-order chi connectivity index (χ1) is 14.5. The third-order valence-electron chi connectivity index (χ3n) is 5.33. The third-order valence-corrected chi connectivity index (χ3v) is 5.33. The average Bonchev–Trinajstić information content (AvgIpc) is 3.23. The second-order valence-corrected chi connectivity index (χ2v) is 7.86. The number of aryl methyl sites for hydroxylation is 2. The van der Waals surface area contributed by atoms with E-state index >= 15 is 0 Å². The van der Waals surface area contributed by atoms with Gasteiger partial charge in [-0.25, -0.2) is 0 Å². The summed E-state index contributed by atoms with van der Waals surface area (Å²) in [7, 11) is 0. The van der Waals surface area contributed by atoms with Crippen LogP contribution in [0.4, 0.5) is 5.69 Å². The fraction of sp³-hybridized carbons (Fsp3) is 0.304. The summed E-state index contributed by atoms with van der Waals surface area (Å²) in [6, 6.07) is 11.4. The predicted molar refractivity (Wildman–Crippen MR) is 115 cm³/mol. The number of aromatic amines is 1. The molecule has 2 amide bonds. The highest BCUT2D eigenvalue weighted by Crippen LogP contribution is 2.23. The molecule has 1 fully saturated rings.